The number of hydrogen-bond acceptors (Lipinski definition) is 4. The van der Waals surface area contributed by atoms with Gasteiger partial charge in [-0.2, -0.15) is 5.10 Å². The van der Waals surface area contributed by atoms with Gasteiger partial charge in [-0.15, -0.1) is 5.10 Å². The van der Waals surface area contributed by atoms with E-state index in [1.54, 1.807) is 18.2 Å². The van der Waals surface area contributed by atoms with Gasteiger partial charge in [0.1, 0.15) is 16.3 Å². The number of carboxylic acids is 1. The van der Waals surface area contributed by atoms with E-state index in [0.29, 0.717) is 5.02 Å². The summed E-state index contributed by atoms with van der Waals surface area (Å²) >= 11 is 11.7. The topological polar surface area (TPSA) is 72.3 Å². The molecule has 0 aliphatic rings. The molecule has 1 aromatic heterocycles. The second-order valence-corrected chi connectivity index (χ2v) is 3.99. The molecule has 1 N–H and O–H groups in total. The summed E-state index contributed by atoms with van der Waals surface area (Å²) in [4.78, 5) is 11.0. The number of carbonyl (C=O) groups is 1. The normalized spacial score (nSPS) is 10.1. The SMILES string of the molecule is O=C(O)c1ccnnc1Oc1cccc(Cl)c1Cl. The number of nitrogens with zero attached hydrogens (tertiary/aromatic N) is 2. The van der Waals surface area contributed by atoms with Crippen molar-refractivity contribution in [1.82, 2.24) is 10.2 Å². The number of benzene rings is 1. The van der Waals surface area contributed by atoms with Crippen molar-refractivity contribution in [1.29, 1.82) is 0 Å². The highest BCUT2D eigenvalue weighted by Gasteiger charge is 2.15. The summed E-state index contributed by atoms with van der Waals surface area (Å²) in [5, 5.41) is 16.6. The number of aromatic nitrogens is 2. The monoisotopic (exact) mass is 284 g/mol. The number of ether oxygens (including phenoxy) is 1. The average molecular weight is 285 g/mol. The Morgan fingerprint density at radius 3 is 2.78 bits per heavy atom. The summed E-state index contributed by atoms with van der Waals surface area (Å²) < 4.78 is 5.31. The van der Waals surface area contributed by atoms with Crippen LogP contribution in [0.4, 0.5) is 0 Å². The molecule has 5 nitrogen and oxygen atoms in total. The van der Waals surface area contributed by atoms with Crippen LogP contribution >= 0.6 is 23.2 Å². The molecule has 0 radical (unpaired) electrons. The van der Waals surface area contributed by atoms with Crippen LogP contribution in [0.2, 0.25) is 10.0 Å². The minimum Gasteiger partial charge on any atom is -0.477 e. The maximum absolute atomic E-state index is 11.0. The molecule has 92 valence electrons. The van der Waals surface area contributed by atoms with Crippen LogP contribution in [0.5, 0.6) is 11.6 Å². The van der Waals surface area contributed by atoms with Gasteiger partial charge in [-0.3, -0.25) is 0 Å². The first kappa shape index (κ1) is 12.6. The first-order valence-electron chi connectivity index (χ1n) is 4.76. The Labute approximate surface area is 112 Å². The van der Waals surface area contributed by atoms with Crippen LogP contribution in [0.3, 0.4) is 0 Å². The Bertz CT molecular complexity index is 605. The van der Waals surface area contributed by atoms with Gasteiger partial charge in [0, 0.05) is 0 Å². The van der Waals surface area contributed by atoms with Gasteiger partial charge in [0.05, 0.1) is 11.2 Å². The number of hydrogen-bond donors (Lipinski definition) is 1. The molecule has 0 bridgehead atoms. The Morgan fingerprint density at radius 2 is 2.06 bits per heavy atom. The summed E-state index contributed by atoms with van der Waals surface area (Å²) in [6.07, 6.45) is 1.26. The van der Waals surface area contributed by atoms with E-state index in [-0.39, 0.29) is 22.2 Å². The maximum Gasteiger partial charge on any atom is 0.341 e. The summed E-state index contributed by atoms with van der Waals surface area (Å²) in [5.41, 5.74) is -0.110. The third-order valence-corrected chi connectivity index (χ3v) is 2.84. The lowest BCUT2D eigenvalue weighted by Crippen LogP contribution is -2.03. The van der Waals surface area contributed by atoms with Crippen molar-refractivity contribution in [2.24, 2.45) is 0 Å². The van der Waals surface area contributed by atoms with E-state index >= 15 is 0 Å². The molecule has 0 aliphatic carbocycles. The van der Waals surface area contributed by atoms with Crippen LogP contribution < -0.4 is 4.74 Å². The number of rotatable bonds is 3. The standard InChI is InChI=1S/C11H6Cl2N2O3/c12-7-2-1-3-8(9(7)13)18-10-6(11(16)17)4-5-14-15-10/h1-5H,(H,16,17). The Morgan fingerprint density at radius 1 is 1.28 bits per heavy atom. The molecule has 0 aliphatic heterocycles. The zero-order valence-corrected chi connectivity index (χ0v) is 10.3. The maximum atomic E-state index is 11.0. The van der Waals surface area contributed by atoms with Gasteiger partial charge in [-0.05, 0) is 18.2 Å². The molecule has 1 aromatic carbocycles. The highest BCUT2D eigenvalue weighted by atomic mass is 35.5. The van der Waals surface area contributed by atoms with Crippen molar-refractivity contribution in [3.8, 4) is 11.6 Å². The van der Waals surface area contributed by atoms with Crippen LogP contribution in [-0.4, -0.2) is 21.3 Å². The van der Waals surface area contributed by atoms with Crippen molar-refractivity contribution in [3.05, 3.63) is 46.1 Å². The predicted molar refractivity (Wildman–Crippen MR) is 65.5 cm³/mol. The second kappa shape index (κ2) is 5.20. The molecule has 1 heterocycles. The predicted octanol–water partition coefficient (Wildman–Crippen LogP) is 3.27. The molecule has 18 heavy (non-hydrogen) atoms. The van der Waals surface area contributed by atoms with E-state index in [4.69, 9.17) is 33.0 Å². The molecule has 0 saturated heterocycles. The van der Waals surface area contributed by atoms with E-state index < -0.39 is 5.97 Å². The summed E-state index contributed by atoms with van der Waals surface area (Å²) in [6, 6.07) is 6.05. The third kappa shape index (κ3) is 2.52. The Balaban J connectivity index is 2.40. The molecule has 2 aromatic rings. The molecule has 0 atom stereocenters. The number of carboxylic acid groups (broad SMARTS) is 1. The first-order chi connectivity index (χ1) is 8.59. The minimum atomic E-state index is -1.17. The van der Waals surface area contributed by atoms with Crippen LogP contribution in [0.1, 0.15) is 10.4 Å². The molecule has 0 fully saturated rings. The second-order valence-electron chi connectivity index (χ2n) is 3.21. The van der Waals surface area contributed by atoms with E-state index in [9.17, 15) is 4.79 Å². The molecule has 2 rings (SSSR count). The highest BCUT2D eigenvalue weighted by molar-refractivity contribution is 6.42. The summed E-state index contributed by atoms with van der Waals surface area (Å²) in [6.45, 7) is 0. The van der Waals surface area contributed by atoms with E-state index in [2.05, 4.69) is 10.2 Å². The Hall–Kier alpha value is -1.85. The average Bonchev–Trinajstić information content (AvgIpc) is 2.35. The molecular formula is C11H6Cl2N2O3. The van der Waals surface area contributed by atoms with Gasteiger partial charge in [0.15, 0.2) is 0 Å². The van der Waals surface area contributed by atoms with Crippen molar-refractivity contribution < 1.29 is 14.6 Å². The van der Waals surface area contributed by atoms with Gasteiger partial charge < -0.3 is 9.84 Å². The first-order valence-corrected chi connectivity index (χ1v) is 5.52. The zero-order chi connectivity index (χ0) is 13.1. The fourth-order valence-electron chi connectivity index (χ4n) is 1.22. The number of halogens is 2. The lowest BCUT2D eigenvalue weighted by Gasteiger charge is -2.08. The third-order valence-electron chi connectivity index (χ3n) is 2.04. The zero-order valence-electron chi connectivity index (χ0n) is 8.80. The number of aromatic carboxylic acids is 1. The highest BCUT2D eigenvalue weighted by Crippen LogP contribution is 2.34. The van der Waals surface area contributed by atoms with Crippen molar-refractivity contribution in [2.45, 2.75) is 0 Å². The molecule has 0 unspecified atom stereocenters. The lowest BCUT2D eigenvalue weighted by atomic mass is 10.3. The summed E-state index contributed by atoms with van der Waals surface area (Å²) in [7, 11) is 0. The Kier molecular flexibility index (Phi) is 3.64. The quantitative estimate of drug-likeness (QED) is 0.936. The van der Waals surface area contributed by atoms with Crippen LogP contribution in [0.25, 0.3) is 0 Å². The lowest BCUT2D eigenvalue weighted by molar-refractivity contribution is 0.0693. The van der Waals surface area contributed by atoms with Crippen molar-refractivity contribution in [3.63, 3.8) is 0 Å². The molecule has 7 heteroatoms. The van der Waals surface area contributed by atoms with Gasteiger partial charge in [-0.25, -0.2) is 4.79 Å². The van der Waals surface area contributed by atoms with E-state index in [1.807, 2.05) is 0 Å². The fraction of sp³-hybridized carbons (Fsp3) is 0. The van der Waals surface area contributed by atoms with Crippen LogP contribution in [0.15, 0.2) is 30.5 Å². The summed E-state index contributed by atoms with van der Waals surface area (Å²) in [5.74, 6) is -1.10. The smallest absolute Gasteiger partial charge is 0.341 e. The molecule has 0 amide bonds. The molecule has 0 spiro atoms. The van der Waals surface area contributed by atoms with Crippen LogP contribution in [0, 0.1) is 0 Å². The van der Waals surface area contributed by atoms with Crippen molar-refractivity contribution in [2.75, 3.05) is 0 Å². The minimum absolute atomic E-state index is 0.110. The van der Waals surface area contributed by atoms with Gasteiger partial charge in [-0.1, -0.05) is 29.3 Å². The fourth-order valence-corrected chi connectivity index (χ4v) is 1.55. The van der Waals surface area contributed by atoms with Crippen molar-refractivity contribution >= 4 is 29.2 Å². The largest absolute Gasteiger partial charge is 0.477 e. The van der Waals surface area contributed by atoms with Gasteiger partial charge in [0.2, 0.25) is 0 Å². The van der Waals surface area contributed by atoms with Gasteiger partial charge in [0.25, 0.3) is 5.88 Å². The molecule has 0 saturated carbocycles. The van der Waals surface area contributed by atoms with Gasteiger partial charge >= 0.3 is 5.97 Å². The van der Waals surface area contributed by atoms with Crippen LogP contribution in [-0.2, 0) is 0 Å². The van der Waals surface area contributed by atoms with E-state index in [1.165, 1.54) is 12.3 Å². The molecular weight excluding hydrogens is 279 g/mol. The van der Waals surface area contributed by atoms with E-state index in [0.717, 1.165) is 0 Å².